The molecule has 0 unspecified atom stereocenters. The molecule has 0 radical (unpaired) electrons. The Morgan fingerprint density at radius 2 is 2.10 bits per heavy atom. The maximum absolute atomic E-state index is 6.33. The van der Waals surface area contributed by atoms with E-state index in [1.165, 1.54) is 4.88 Å². The monoisotopic (exact) mass is 564 g/mol. The summed E-state index contributed by atoms with van der Waals surface area (Å²) in [7, 11) is 3.49. The molecule has 1 saturated heterocycles. The van der Waals surface area contributed by atoms with Gasteiger partial charge in [0.1, 0.15) is 5.75 Å². The first-order valence-corrected chi connectivity index (χ1v) is 11.0. The fourth-order valence-electron chi connectivity index (χ4n) is 3.68. The van der Waals surface area contributed by atoms with Gasteiger partial charge in [0.05, 0.1) is 12.1 Å². The fourth-order valence-corrected chi connectivity index (χ4v) is 4.64. The Morgan fingerprint density at radius 3 is 2.73 bits per heavy atom. The van der Waals surface area contributed by atoms with Gasteiger partial charge in [-0.15, -0.1) is 35.3 Å². The molecule has 0 atom stereocenters. The summed E-state index contributed by atoms with van der Waals surface area (Å²) in [6.07, 6.45) is 4.58. The molecule has 30 heavy (non-hydrogen) atoms. The lowest BCUT2D eigenvalue weighted by Crippen LogP contribution is -2.48. The van der Waals surface area contributed by atoms with Crippen LogP contribution < -0.4 is 15.4 Å². The van der Waals surface area contributed by atoms with E-state index in [1.54, 1.807) is 25.5 Å². The fraction of sp³-hybridized carbons (Fsp3) is 0.524. The molecule has 166 valence electrons. The maximum Gasteiger partial charge on any atom is 0.191 e. The van der Waals surface area contributed by atoms with Crippen molar-refractivity contribution >= 4 is 52.9 Å². The first-order chi connectivity index (χ1) is 14.1. The lowest BCUT2D eigenvalue weighted by Gasteiger charge is -2.39. The normalized spacial score (nSPS) is 15.9. The van der Waals surface area contributed by atoms with Gasteiger partial charge in [0, 0.05) is 66.8 Å². The van der Waals surface area contributed by atoms with Crippen molar-refractivity contribution in [3.8, 4) is 5.75 Å². The Balaban J connectivity index is 0.00000320. The van der Waals surface area contributed by atoms with Crippen LogP contribution in [0.5, 0.6) is 5.75 Å². The summed E-state index contributed by atoms with van der Waals surface area (Å²) in [6.45, 7) is 5.01. The summed E-state index contributed by atoms with van der Waals surface area (Å²) in [6, 6.07) is 5.83. The predicted octanol–water partition coefficient (Wildman–Crippen LogP) is 4.19. The highest BCUT2D eigenvalue weighted by atomic mass is 127. The number of hydrogen-bond acceptors (Lipinski definition) is 5. The van der Waals surface area contributed by atoms with Crippen molar-refractivity contribution in [1.29, 1.82) is 0 Å². The standard InChI is InChI=1S/C21H29ClN4O2S.HI/c1-15-13-25-19(29-15)6-9-24-20(23-2)26-14-21(7-10-28-11-8-21)17-12-16(22)4-5-18(17)27-3;/h4-5,12-13H,6-11,14H2,1-3H3,(H2,23,24,26);1H. The van der Waals surface area contributed by atoms with E-state index in [0.29, 0.717) is 18.2 Å². The smallest absolute Gasteiger partial charge is 0.191 e. The van der Waals surface area contributed by atoms with Crippen LogP contribution in [0.3, 0.4) is 0 Å². The maximum atomic E-state index is 6.33. The van der Waals surface area contributed by atoms with Crippen LogP contribution in [0, 0.1) is 6.92 Å². The van der Waals surface area contributed by atoms with E-state index in [9.17, 15) is 0 Å². The number of rotatable bonds is 7. The van der Waals surface area contributed by atoms with E-state index in [-0.39, 0.29) is 29.4 Å². The number of methoxy groups -OCH3 is 1. The Kier molecular flexibility index (Phi) is 10.1. The number of thiazole rings is 1. The minimum Gasteiger partial charge on any atom is -0.496 e. The number of aromatic nitrogens is 1. The van der Waals surface area contributed by atoms with Gasteiger partial charge >= 0.3 is 0 Å². The Labute approximate surface area is 204 Å². The van der Waals surface area contributed by atoms with Crippen LogP contribution in [0.15, 0.2) is 29.4 Å². The van der Waals surface area contributed by atoms with Gasteiger partial charge in [0.25, 0.3) is 0 Å². The van der Waals surface area contributed by atoms with E-state index in [4.69, 9.17) is 21.1 Å². The van der Waals surface area contributed by atoms with Crippen molar-refractivity contribution in [2.45, 2.75) is 31.6 Å². The summed E-state index contributed by atoms with van der Waals surface area (Å²) in [5, 5.41) is 8.75. The zero-order valence-corrected chi connectivity index (χ0v) is 21.6. The average Bonchev–Trinajstić information content (AvgIpc) is 3.16. The van der Waals surface area contributed by atoms with Gasteiger partial charge in [0.15, 0.2) is 5.96 Å². The first kappa shape index (κ1) is 25.2. The molecule has 2 aromatic rings. The second-order valence-corrected chi connectivity index (χ2v) is 8.96. The molecular formula is C21H30ClIN4O2S. The third-order valence-corrected chi connectivity index (χ3v) is 6.51. The van der Waals surface area contributed by atoms with Gasteiger partial charge in [-0.05, 0) is 38.0 Å². The van der Waals surface area contributed by atoms with Crippen LogP contribution in [-0.2, 0) is 16.6 Å². The predicted molar refractivity (Wildman–Crippen MR) is 135 cm³/mol. The molecule has 9 heteroatoms. The van der Waals surface area contributed by atoms with E-state index in [2.05, 4.69) is 27.5 Å². The van der Waals surface area contributed by atoms with E-state index in [0.717, 1.165) is 54.6 Å². The number of aliphatic imine (C=N–C) groups is 1. The van der Waals surface area contributed by atoms with Gasteiger partial charge < -0.3 is 20.1 Å². The molecule has 3 rings (SSSR count). The highest BCUT2D eigenvalue weighted by molar-refractivity contribution is 14.0. The SMILES string of the molecule is CN=C(NCCc1ncc(C)s1)NCC1(c2cc(Cl)ccc2OC)CCOCC1.I. The van der Waals surface area contributed by atoms with E-state index in [1.807, 2.05) is 24.4 Å². The topological polar surface area (TPSA) is 67.8 Å². The zero-order valence-electron chi connectivity index (χ0n) is 17.7. The van der Waals surface area contributed by atoms with Crippen molar-refractivity contribution < 1.29 is 9.47 Å². The summed E-state index contributed by atoms with van der Waals surface area (Å²) < 4.78 is 11.3. The Hall–Kier alpha value is -1.10. The van der Waals surface area contributed by atoms with Crippen LogP contribution in [0.2, 0.25) is 5.02 Å². The highest BCUT2D eigenvalue weighted by Gasteiger charge is 2.37. The molecule has 0 aliphatic carbocycles. The molecule has 1 aromatic carbocycles. The summed E-state index contributed by atoms with van der Waals surface area (Å²) in [4.78, 5) is 10.0. The highest BCUT2D eigenvalue weighted by Crippen LogP contribution is 2.40. The molecule has 0 amide bonds. The number of nitrogens with one attached hydrogen (secondary N) is 2. The molecular weight excluding hydrogens is 535 g/mol. The number of ether oxygens (including phenoxy) is 2. The van der Waals surface area contributed by atoms with E-state index >= 15 is 0 Å². The third-order valence-electron chi connectivity index (χ3n) is 5.30. The molecule has 2 N–H and O–H groups in total. The second kappa shape index (κ2) is 12.1. The van der Waals surface area contributed by atoms with E-state index < -0.39 is 0 Å². The molecule has 6 nitrogen and oxygen atoms in total. The molecule has 1 aliphatic rings. The van der Waals surface area contributed by atoms with Crippen LogP contribution in [-0.4, -0.2) is 51.4 Å². The largest absolute Gasteiger partial charge is 0.496 e. The second-order valence-electron chi connectivity index (χ2n) is 7.20. The van der Waals surface area contributed by atoms with Crippen LogP contribution >= 0.6 is 46.9 Å². The van der Waals surface area contributed by atoms with Gasteiger partial charge in [-0.1, -0.05) is 11.6 Å². The van der Waals surface area contributed by atoms with Gasteiger partial charge in [0.2, 0.25) is 0 Å². The van der Waals surface area contributed by atoms with Crippen molar-refractivity contribution in [3.05, 3.63) is 44.9 Å². The van der Waals surface area contributed by atoms with Crippen molar-refractivity contribution in [2.24, 2.45) is 4.99 Å². The van der Waals surface area contributed by atoms with Gasteiger partial charge in [-0.3, -0.25) is 4.99 Å². The number of benzene rings is 1. The number of nitrogens with zero attached hydrogens (tertiary/aromatic N) is 2. The molecule has 0 saturated carbocycles. The van der Waals surface area contributed by atoms with Crippen LogP contribution in [0.4, 0.5) is 0 Å². The van der Waals surface area contributed by atoms with Gasteiger partial charge in [-0.25, -0.2) is 4.98 Å². The lowest BCUT2D eigenvalue weighted by molar-refractivity contribution is 0.0505. The molecule has 0 bridgehead atoms. The lowest BCUT2D eigenvalue weighted by atomic mass is 9.73. The van der Waals surface area contributed by atoms with Gasteiger partial charge in [-0.2, -0.15) is 0 Å². The third kappa shape index (κ3) is 6.45. The molecule has 2 heterocycles. The number of hydrogen-bond donors (Lipinski definition) is 2. The minimum absolute atomic E-state index is 0. The first-order valence-electron chi connectivity index (χ1n) is 9.84. The summed E-state index contributed by atoms with van der Waals surface area (Å²) in [5.41, 5.74) is 0.996. The quantitative estimate of drug-likeness (QED) is 0.300. The average molecular weight is 565 g/mol. The van der Waals surface area contributed by atoms with Crippen molar-refractivity contribution in [2.75, 3.05) is 40.5 Å². The van der Waals surface area contributed by atoms with Crippen LogP contribution in [0.1, 0.15) is 28.3 Å². The van der Waals surface area contributed by atoms with Crippen molar-refractivity contribution in [1.82, 2.24) is 15.6 Å². The minimum atomic E-state index is -0.126. The summed E-state index contributed by atoms with van der Waals surface area (Å²) in [5.74, 6) is 1.64. The Morgan fingerprint density at radius 1 is 1.33 bits per heavy atom. The molecule has 1 aliphatic heterocycles. The number of halogens is 2. The zero-order chi connectivity index (χ0) is 20.7. The van der Waals surface area contributed by atoms with Crippen LogP contribution in [0.25, 0.3) is 0 Å². The molecule has 0 spiro atoms. The molecule has 1 aromatic heterocycles. The Bertz CT molecular complexity index is 840. The molecule has 1 fully saturated rings. The number of guanidine groups is 1. The van der Waals surface area contributed by atoms with Crippen molar-refractivity contribution in [3.63, 3.8) is 0 Å². The summed E-state index contributed by atoms with van der Waals surface area (Å²) >= 11 is 8.06. The number of aryl methyl sites for hydroxylation is 1.